The normalized spacial score (nSPS) is 16.7. The van der Waals surface area contributed by atoms with Crippen LogP contribution in [0.25, 0.3) is 11.3 Å². The standard InChI is InChI=1S/C22H28N6O3/c1-14(2)28-20(25-26(3)22(28)30)16-8-6-10-27(13-16)21(29)19-12-18(23-24-19)15-7-5-9-17(11-15)31-4/h5,7,9,11-12,14,16H,6,8,10,13H2,1-4H3,(H,23,24). The smallest absolute Gasteiger partial charge is 0.345 e. The molecule has 9 heteroatoms. The summed E-state index contributed by atoms with van der Waals surface area (Å²) in [7, 11) is 3.28. The summed E-state index contributed by atoms with van der Waals surface area (Å²) in [6.07, 6.45) is 1.75. The van der Waals surface area contributed by atoms with Crippen molar-refractivity contribution in [1.29, 1.82) is 0 Å². The van der Waals surface area contributed by atoms with Gasteiger partial charge < -0.3 is 9.64 Å². The molecular formula is C22H28N6O3. The second-order valence-corrected chi connectivity index (χ2v) is 8.22. The predicted molar refractivity (Wildman–Crippen MR) is 116 cm³/mol. The predicted octanol–water partition coefficient (Wildman–Crippen LogP) is 2.58. The maximum absolute atomic E-state index is 13.2. The van der Waals surface area contributed by atoms with E-state index in [0.29, 0.717) is 24.5 Å². The van der Waals surface area contributed by atoms with Crippen molar-refractivity contribution in [2.45, 2.75) is 38.6 Å². The van der Waals surface area contributed by atoms with E-state index in [1.54, 1.807) is 24.8 Å². The first kappa shape index (κ1) is 20.9. The number of likely N-dealkylation sites (tertiary alicyclic amines) is 1. The van der Waals surface area contributed by atoms with Gasteiger partial charge in [-0.3, -0.25) is 14.5 Å². The van der Waals surface area contributed by atoms with Crippen LogP contribution < -0.4 is 10.4 Å². The molecule has 1 amide bonds. The van der Waals surface area contributed by atoms with Gasteiger partial charge in [0.1, 0.15) is 17.3 Å². The topological polar surface area (TPSA) is 98.0 Å². The van der Waals surface area contributed by atoms with Crippen molar-refractivity contribution >= 4 is 5.91 Å². The molecule has 1 aliphatic rings. The molecule has 31 heavy (non-hydrogen) atoms. The molecule has 1 N–H and O–H groups in total. The van der Waals surface area contributed by atoms with Gasteiger partial charge in [0.2, 0.25) is 0 Å². The number of piperidine rings is 1. The van der Waals surface area contributed by atoms with Crippen LogP contribution in [-0.2, 0) is 7.05 Å². The summed E-state index contributed by atoms with van der Waals surface area (Å²) in [5, 5.41) is 11.7. The molecule has 1 saturated heterocycles. The summed E-state index contributed by atoms with van der Waals surface area (Å²) in [6.45, 7) is 5.14. The van der Waals surface area contributed by atoms with Crippen LogP contribution in [0.3, 0.4) is 0 Å². The molecule has 1 aliphatic heterocycles. The average Bonchev–Trinajstić information content (AvgIpc) is 3.39. The molecule has 0 radical (unpaired) electrons. The fraction of sp³-hybridized carbons (Fsp3) is 0.455. The zero-order valence-electron chi connectivity index (χ0n) is 18.3. The number of nitrogens with zero attached hydrogens (tertiary/aromatic N) is 5. The van der Waals surface area contributed by atoms with Crippen molar-refractivity contribution in [2.24, 2.45) is 7.05 Å². The van der Waals surface area contributed by atoms with Gasteiger partial charge in [-0.25, -0.2) is 9.48 Å². The van der Waals surface area contributed by atoms with E-state index in [4.69, 9.17) is 4.74 Å². The lowest BCUT2D eigenvalue weighted by Gasteiger charge is -2.32. The number of carbonyl (C=O) groups is 1. The Kier molecular flexibility index (Phi) is 5.67. The molecule has 1 atom stereocenters. The highest BCUT2D eigenvalue weighted by molar-refractivity contribution is 5.93. The van der Waals surface area contributed by atoms with Gasteiger partial charge in [0.05, 0.1) is 12.8 Å². The lowest BCUT2D eigenvalue weighted by atomic mass is 9.96. The Balaban J connectivity index is 1.54. The molecule has 164 valence electrons. The number of aryl methyl sites for hydroxylation is 1. The van der Waals surface area contributed by atoms with E-state index < -0.39 is 0 Å². The fourth-order valence-corrected chi connectivity index (χ4v) is 4.17. The summed E-state index contributed by atoms with van der Waals surface area (Å²) in [4.78, 5) is 27.4. The Morgan fingerprint density at radius 1 is 1.29 bits per heavy atom. The minimum Gasteiger partial charge on any atom is -0.497 e. The van der Waals surface area contributed by atoms with E-state index >= 15 is 0 Å². The first-order valence-electron chi connectivity index (χ1n) is 10.5. The number of rotatable bonds is 5. The Labute approximate surface area is 180 Å². The molecule has 3 heterocycles. The van der Waals surface area contributed by atoms with Crippen LogP contribution in [0.5, 0.6) is 5.75 Å². The van der Waals surface area contributed by atoms with Crippen LogP contribution in [0, 0.1) is 0 Å². The van der Waals surface area contributed by atoms with Gasteiger partial charge in [0.25, 0.3) is 5.91 Å². The molecule has 0 bridgehead atoms. The van der Waals surface area contributed by atoms with Crippen LogP contribution >= 0.6 is 0 Å². The zero-order valence-corrected chi connectivity index (χ0v) is 18.3. The average molecular weight is 425 g/mol. The summed E-state index contributed by atoms with van der Waals surface area (Å²) >= 11 is 0. The number of carbonyl (C=O) groups excluding carboxylic acids is 1. The maximum Gasteiger partial charge on any atom is 0.345 e. The number of aromatic amines is 1. The quantitative estimate of drug-likeness (QED) is 0.679. The zero-order chi connectivity index (χ0) is 22.1. The largest absolute Gasteiger partial charge is 0.497 e. The van der Waals surface area contributed by atoms with Crippen LogP contribution in [0.1, 0.15) is 55.0 Å². The Morgan fingerprint density at radius 3 is 2.84 bits per heavy atom. The van der Waals surface area contributed by atoms with Crippen molar-refractivity contribution in [3.63, 3.8) is 0 Å². The first-order valence-corrected chi connectivity index (χ1v) is 10.5. The fourth-order valence-electron chi connectivity index (χ4n) is 4.17. The SMILES string of the molecule is COc1cccc(-c2cc(C(=O)N3CCCC(c4nn(C)c(=O)n4C(C)C)C3)[nH]n2)c1. The van der Waals surface area contributed by atoms with E-state index in [1.807, 2.05) is 43.0 Å². The third-order valence-electron chi connectivity index (χ3n) is 5.75. The maximum atomic E-state index is 13.2. The van der Waals surface area contributed by atoms with Gasteiger partial charge in [0, 0.05) is 37.7 Å². The number of amides is 1. The van der Waals surface area contributed by atoms with Crippen molar-refractivity contribution < 1.29 is 9.53 Å². The molecule has 0 spiro atoms. The number of ether oxygens (including phenoxy) is 1. The van der Waals surface area contributed by atoms with Gasteiger partial charge >= 0.3 is 5.69 Å². The molecule has 1 fully saturated rings. The van der Waals surface area contributed by atoms with E-state index in [9.17, 15) is 9.59 Å². The first-order chi connectivity index (χ1) is 14.9. The number of H-pyrrole nitrogens is 1. The summed E-state index contributed by atoms with van der Waals surface area (Å²) in [6, 6.07) is 9.35. The van der Waals surface area contributed by atoms with Crippen molar-refractivity contribution in [2.75, 3.05) is 20.2 Å². The molecule has 3 aromatic rings. The number of aromatic nitrogens is 5. The lowest BCUT2D eigenvalue weighted by Crippen LogP contribution is -2.40. The van der Waals surface area contributed by atoms with E-state index in [0.717, 1.165) is 30.0 Å². The molecule has 0 aliphatic carbocycles. The third kappa shape index (κ3) is 3.99. The monoisotopic (exact) mass is 424 g/mol. The molecule has 1 unspecified atom stereocenters. The van der Waals surface area contributed by atoms with E-state index in [1.165, 1.54) is 4.68 Å². The number of methoxy groups -OCH3 is 1. The molecule has 4 rings (SSSR count). The second kappa shape index (κ2) is 8.41. The highest BCUT2D eigenvalue weighted by atomic mass is 16.5. The lowest BCUT2D eigenvalue weighted by molar-refractivity contribution is 0.0696. The van der Waals surface area contributed by atoms with Gasteiger partial charge in [-0.15, -0.1) is 0 Å². The van der Waals surface area contributed by atoms with Gasteiger partial charge in [-0.05, 0) is 44.9 Å². The minimum atomic E-state index is -0.120. The number of nitrogens with one attached hydrogen (secondary N) is 1. The summed E-state index contributed by atoms with van der Waals surface area (Å²) in [5.74, 6) is 1.41. The molecule has 9 nitrogen and oxygen atoms in total. The van der Waals surface area contributed by atoms with Crippen molar-refractivity contribution in [3.05, 3.63) is 52.3 Å². The van der Waals surface area contributed by atoms with E-state index in [2.05, 4.69) is 15.3 Å². The van der Waals surface area contributed by atoms with Crippen LogP contribution in [0.15, 0.2) is 35.1 Å². The minimum absolute atomic E-state index is 0.0142. The molecular weight excluding hydrogens is 396 g/mol. The Hall–Kier alpha value is -3.36. The second-order valence-electron chi connectivity index (χ2n) is 8.22. The van der Waals surface area contributed by atoms with Crippen LogP contribution in [0.2, 0.25) is 0 Å². The van der Waals surface area contributed by atoms with E-state index in [-0.39, 0.29) is 23.6 Å². The Morgan fingerprint density at radius 2 is 2.10 bits per heavy atom. The van der Waals surface area contributed by atoms with Gasteiger partial charge in [-0.1, -0.05) is 12.1 Å². The van der Waals surface area contributed by atoms with Gasteiger partial charge in [0.15, 0.2) is 0 Å². The van der Waals surface area contributed by atoms with Crippen LogP contribution in [0.4, 0.5) is 0 Å². The van der Waals surface area contributed by atoms with Crippen molar-refractivity contribution in [3.8, 4) is 17.0 Å². The van der Waals surface area contributed by atoms with Gasteiger partial charge in [-0.2, -0.15) is 10.2 Å². The molecule has 2 aromatic heterocycles. The van der Waals surface area contributed by atoms with Crippen molar-refractivity contribution in [1.82, 2.24) is 29.4 Å². The Bertz CT molecular complexity index is 1140. The molecule has 0 saturated carbocycles. The highest BCUT2D eigenvalue weighted by Crippen LogP contribution is 2.28. The van der Waals surface area contributed by atoms with Crippen LogP contribution in [-0.4, -0.2) is 55.6 Å². The number of benzene rings is 1. The number of hydrogen-bond acceptors (Lipinski definition) is 5. The summed E-state index contributed by atoms with van der Waals surface area (Å²) < 4.78 is 8.38. The number of hydrogen-bond donors (Lipinski definition) is 1. The third-order valence-corrected chi connectivity index (χ3v) is 5.75. The molecule has 1 aromatic carbocycles. The highest BCUT2D eigenvalue weighted by Gasteiger charge is 2.31. The summed E-state index contributed by atoms with van der Waals surface area (Å²) in [5.41, 5.74) is 1.89.